The summed E-state index contributed by atoms with van der Waals surface area (Å²) >= 11 is 2.84. The number of carbonyl (C=O) groups excluding carboxylic acids is 1. The molecule has 0 saturated heterocycles. The lowest BCUT2D eigenvalue weighted by Gasteiger charge is -2.11. The third-order valence-electron chi connectivity index (χ3n) is 2.70. The first kappa shape index (κ1) is 15.5. The van der Waals surface area contributed by atoms with E-state index in [4.69, 9.17) is 4.74 Å². The predicted molar refractivity (Wildman–Crippen MR) is 84.2 cm³/mol. The number of rotatable bonds is 5. The van der Waals surface area contributed by atoms with E-state index in [1.54, 1.807) is 31.3 Å². The minimum Gasteiger partial charge on any atom is -0.465 e. The van der Waals surface area contributed by atoms with Crippen molar-refractivity contribution in [3.05, 3.63) is 34.5 Å². The van der Waals surface area contributed by atoms with E-state index >= 15 is 0 Å². The molecule has 0 N–H and O–H groups in total. The standard InChI is InChI=1S/C15H14N2O2S2/c1-3-19-15(18)10(2)21-14-11(8-16)4-5-13(17-14)12-6-7-20-9-12/h4-7,9-10H,3H2,1-2H3. The molecule has 2 aromatic rings. The summed E-state index contributed by atoms with van der Waals surface area (Å²) in [4.78, 5) is 16.2. The van der Waals surface area contributed by atoms with E-state index in [9.17, 15) is 10.1 Å². The van der Waals surface area contributed by atoms with Crippen LogP contribution in [0.25, 0.3) is 11.3 Å². The minimum atomic E-state index is -0.401. The second-order valence-electron chi connectivity index (χ2n) is 4.19. The number of nitriles is 1. The summed E-state index contributed by atoms with van der Waals surface area (Å²) in [6.07, 6.45) is 0. The number of carbonyl (C=O) groups is 1. The van der Waals surface area contributed by atoms with Crippen molar-refractivity contribution in [2.45, 2.75) is 24.1 Å². The lowest BCUT2D eigenvalue weighted by atomic mass is 10.2. The van der Waals surface area contributed by atoms with Crippen LogP contribution in [0.5, 0.6) is 0 Å². The molecule has 21 heavy (non-hydrogen) atoms. The second kappa shape index (κ2) is 7.25. The van der Waals surface area contributed by atoms with Crippen LogP contribution in [0.1, 0.15) is 19.4 Å². The Morgan fingerprint density at radius 2 is 2.33 bits per heavy atom. The number of hydrogen-bond donors (Lipinski definition) is 0. The zero-order valence-electron chi connectivity index (χ0n) is 11.7. The van der Waals surface area contributed by atoms with Gasteiger partial charge >= 0.3 is 5.97 Å². The molecule has 2 heterocycles. The molecule has 1 atom stereocenters. The zero-order valence-corrected chi connectivity index (χ0v) is 13.3. The van der Waals surface area contributed by atoms with Crippen molar-refractivity contribution in [1.29, 1.82) is 5.26 Å². The number of thiophene rings is 1. The van der Waals surface area contributed by atoms with Gasteiger partial charge in [0.2, 0.25) is 0 Å². The average molecular weight is 318 g/mol. The van der Waals surface area contributed by atoms with Gasteiger partial charge in [0.1, 0.15) is 16.3 Å². The molecule has 0 aliphatic rings. The minimum absolute atomic E-state index is 0.297. The Morgan fingerprint density at radius 3 is 2.95 bits per heavy atom. The molecule has 0 bridgehead atoms. The van der Waals surface area contributed by atoms with Crippen LogP contribution in [0.2, 0.25) is 0 Å². The first-order valence-electron chi connectivity index (χ1n) is 6.42. The van der Waals surface area contributed by atoms with Gasteiger partial charge in [-0.1, -0.05) is 11.8 Å². The average Bonchev–Trinajstić information content (AvgIpc) is 3.01. The number of esters is 1. The van der Waals surface area contributed by atoms with Gasteiger partial charge in [0.15, 0.2) is 0 Å². The molecule has 4 nitrogen and oxygen atoms in total. The summed E-state index contributed by atoms with van der Waals surface area (Å²) in [5, 5.41) is 13.3. The van der Waals surface area contributed by atoms with Crippen molar-refractivity contribution < 1.29 is 9.53 Å². The quantitative estimate of drug-likeness (QED) is 0.621. The highest BCUT2D eigenvalue weighted by Gasteiger charge is 2.19. The first-order chi connectivity index (χ1) is 10.2. The summed E-state index contributed by atoms with van der Waals surface area (Å²) in [7, 11) is 0. The third kappa shape index (κ3) is 3.84. The zero-order chi connectivity index (χ0) is 15.2. The molecular weight excluding hydrogens is 304 g/mol. The summed E-state index contributed by atoms with van der Waals surface area (Å²) in [6.45, 7) is 3.87. The first-order valence-corrected chi connectivity index (χ1v) is 8.25. The fourth-order valence-electron chi connectivity index (χ4n) is 1.66. The van der Waals surface area contributed by atoms with E-state index in [2.05, 4.69) is 11.1 Å². The van der Waals surface area contributed by atoms with E-state index < -0.39 is 5.25 Å². The van der Waals surface area contributed by atoms with Crippen molar-refractivity contribution in [2.24, 2.45) is 0 Å². The number of thioether (sulfide) groups is 1. The van der Waals surface area contributed by atoms with Gasteiger partial charge in [-0.3, -0.25) is 4.79 Å². The van der Waals surface area contributed by atoms with Crippen molar-refractivity contribution in [3.8, 4) is 17.3 Å². The van der Waals surface area contributed by atoms with Crippen LogP contribution in [-0.4, -0.2) is 22.8 Å². The second-order valence-corrected chi connectivity index (χ2v) is 6.29. The van der Waals surface area contributed by atoms with E-state index in [-0.39, 0.29) is 5.97 Å². The lowest BCUT2D eigenvalue weighted by molar-refractivity contribution is -0.142. The molecule has 2 aromatic heterocycles. The molecule has 108 valence electrons. The van der Waals surface area contributed by atoms with Crippen molar-refractivity contribution >= 4 is 29.1 Å². The maximum absolute atomic E-state index is 11.7. The molecule has 0 amide bonds. The maximum atomic E-state index is 11.7. The SMILES string of the molecule is CCOC(=O)C(C)Sc1nc(-c2ccsc2)ccc1C#N. The largest absolute Gasteiger partial charge is 0.465 e. The van der Waals surface area contributed by atoms with Gasteiger partial charge in [-0.15, -0.1) is 0 Å². The molecule has 0 saturated carbocycles. The Labute approximate surface area is 131 Å². The summed E-state index contributed by atoms with van der Waals surface area (Å²) < 4.78 is 4.98. The van der Waals surface area contributed by atoms with Gasteiger partial charge in [0.05, 0.1) is 17.9 Å². The molecule has 0 spiro atoms. The number of ether oxygens (including phenoxy) is 1. The smallest absolute Gasteiger partial charge is 0.319 e. The Morgan fingerprint density at radius 1 is 1.52 bits per heavy atom. The number of hydrogen-bond acceptors (Lipinski definition) is 6. The van der Waals surface area contributed by atoms with Crippen LogP contribution in [0.15, 0.2) is 34.0 Å². The molecule has 0 aliphatic carbocycles. The highest BCUT2D eigenvalue weighted by molar-refractivity contribution is 8.00. The molecule has 6 heteroatoms. The highest BCUT2D eigenvalue weighted by atomic mass is 32.2. The molecular formula is C15H14N2O2S2. The van der Waals surface area contributed by atoms with E-state index in [1.165, 1.54) is 11.8 Å². The monoisotopic (exact) mass is 318 g/mol. The number of nitrogens with zero attached hydrogens (tertiary/aromatic N) is 2. The van der Waals surface area contributed by atoms with Gasteiger partial charge < -0.3 is 4.74 Å². The fraction of sp³-hybridized carbons (Fsp3) is 0.267. The van der Waals surface area contributed by atoms with Crippen LogP contribution in [0.4, 0.5) is 0 Å². The van der Waals surface area contributed by atoms with Crippen molar-refractivity contribution in [1.82, 2.24) is 4.98 Å². The topological polar surface area (TPSA) is 63.0 Å². The van der Waals surface area contributed by atoms with Gasteiger partial charge in [-0.2, -0.15) is 16.6 Å². The van der Waals surface area contributed by atoms with Crippen LogP contribution < -0.4 is 0 Å². The van der Waals surface area contributed by atoms with Crippen LogP contribution in [0.3, 0.4) is 0 Å². The van der Waals surface area contributed by atoms with E-state index in [1.807, 2.05) is 22.9 Å². The Kier molecular flexibility index (Phi) is 5.37. The van der Waals surface area contributed by atoms with E-state index in [0.29, 0.717) is 17.2 Å². The molecule has 2 rings (SSSR count). The molecule has 0 fully saturated rings. The summed E-state index contributed by atoms with van der Waals surface area (Å²) in [6, 6.07) is 7.64. The van der Waals surface area contributed by atoms with Crippen LogP contribution >= 0.6 is 23.1 Å². The van der Waals surface area contributed by atoms with Gasteiger partial charge in [0.25, 0.3) is 0 Å². The van der Waals surface area contributed by atoms with Gasteiger partial charge in [0, 0.05) is 10.9 Å². The van der Waals surface area contributed by atoms with Crippen molar-refractivity contribution in [2.75, 3.05) is 6.61 Å². The molecule has 0 radical (unpaired) electrons. The predicted octanol–water partition coefficient (Wildman–Crippen LogP) is 3.73. The van der Waals surface area contributed by atoms with Gasteiger partial charge in [-0.25, -0.2) is 4.98 Å². The van der Waals surface area contributed by atoms with Gasteiger partial charge in [-0.05, 0) is 37.4 Å². The third-order valence-corrected chi connectivity index (χ3v) is 4.47. The van der Waals surface area contributed by atoms with Crippen LogP contribution in [0, 0.1) is 11.3 Å². The fourth-order valence-corrected chi connectivity index (χ4v) is 3.20. The van der Waals surface area contributed by atoms with Crippen LogP contribution in [-0.2, 0) is 9.53 Å². The molecule has 0 aromatic carbocycles. The Balaban J connectivity index is 2.27. The Hall–Kier alpha value is -1.84. The normalized spacial score (nSPS) is 11.7. The van der Waals surface area contributed by atoms with E-state index in [0.717, 1.165) is 11.3 Å². The lowest BCUT2D eigenvalue weighted by Crippen LogP contribution is -2.17. The van der Waals surface area contributed by atoms with Crippen molar-refractivity contribution in [3.63, 3.8) is 0 Å². The maximum Gasteiger partial charge on any atom is 0.319 e. The summed E-state index contributed by atoms with van der Waals surface area (Å²) in [5.41, 5.74) is 2.28. The molecule has 1 unspecified atom stereocenters. The highest BCUT2D eigenvalue weighted by Crippen LogP contribution is 2.29. The summed E-state index contributed by atoms with van der Waals surface area (Å²) in [5.74, 6) is -0.297. The number of pyridine rings is 1. The number of aromatic nitrogens is 1. The Bertz CT molecular complexity index is 663. The molecule has 0 aliphatic heterocycles.